The summed E-state index contributed by atoms with van der Waals surface area (Å²) in [7, 11) is 0. The molecule has 106 valence electrons. The van der Waals surface area contributed by atoms with Crippen molar-refractivity contribution in [3.05, 3.63) is 30.1 Å². The van der Waals surface area contributed by atoms with Crippen LogP contribution >= 0.6 is 0 Å². The van der Waals surface area contributed by atoms with Gasteiger partial charge in [0.15, 0.2) is 0 Å². The number of guanidine groups is 1. The lowest BCUT2D eigenvalue weighted by Gasteiger charge is -2.09. The second-order valence-electron chi connectivity index (χ2n) is 3.96. The molecule has 1 heterocycles. The van der Waals surface area contributed by atoms with E-state index in [4.69, 9.17) is 10.6 Å². The zero-order valence-corrected chi connectivity index (χ0v) is 11.4. The van der Waals surface area contributed by atoms with E-state index in [1.165, 1.54) is 5.56 Å². The number of hydrazine groups is 1. The SMILES string of the molecule is CCOCCCN=C(NN)NCCc1cccnc1. The number of ether oxygens (including phenoxy) is 1. The van der Waals surface area contributed by atoms with Gasteiger partial charge >= 0.3 is 0 Å². The molecule has 0 aliphatic carbocycles. The Bertz CT molecular complexity index is 355. The van der Waals surface area contributed by atoms with Crippen molar-refractivity contribution in [2.45, 2.75) is 19.8 Å². The van der Waals surface area contributed by atoms with Crippen LogP contribution in [0.3, 0.4) is 0 Å². The van der Waals surface area contributed by atoms with E-state index in [0.29, 0.717) is 12.5 Å². The average molecular weight is 265 g/mol. The molecule has 0 saturated heterocycles. The van der Waals surface area contributed by atoms with Gasteiger partial charge in [-0.2, -0.15) is 0 Å². The van der Waals surface area contributed by atoms with Gasteiger partial charge in [0.2, 0.25) is 5.96 Å². The molecule has 0 unspecified atom stereocenters. The summed E-state index contributed by atoms with van der Waals surface area (Å²) in [6.07, 6.45) is 5.40. The molecule has 0 aliphatic heterocycles. The Morgan fingerprint density at radius 1 is 1.53 bits per heavy atom. The Kier molecular flexibility index (Phi) is 8.33. The Morgan fingerprint density at radius 2 is 2.42 bits per heavy atom. The van der Waals surface area contributed by atoms with Crippen LogP contribution in [0.2, 0.25) is 0 Å². The maximum absolute atomic E-state index is 5.41. The summed E-state index contributed by atoms with van der Waals surface area (Å²) >= 11 is 0. The van der Waals surface area contributed by atoms with Gasteiger partial charge in [-0.3, -0.25) is 15.4 Å². The van der Waals surface area contributed by atoms with E-state index in [1.54, 1.807) is 6.20 Å². The van der Waals surface area contributed by atoms with E-state index in [9.17, 15) is 0 Å². The third kappa shape index (κ3) is 7.38. The fourth-order valence-corrected chi connectivity index (χ4v) is 1.53. The predicted molar refractivity (Wildman–Crippen MR) is 76.7 cm³/mol. The van der Waals surface area contributed by atoms with Crippen LogP contribution in [0, 0.1) is 0 Å². The highest BCUT2D eigenvalue weighted by Gasteiger charge is 1.96. The summed E-state index contributed by atoms with van der Waals surface area (Å²) in [6, 6.07) is 3.97. The normalized spacial score (nSPS) is 11.4. The summed E-state index contributed by atoms with van der Waals surface area (Å²) in [4.78, 5) is 8.39. The number of aromatic nitrogens is 1. The van der Waals surface area contributed by atoms with Gasteiger partial charge in [0.05, 0.1) is 0 Å². The number of nitrogens with two attached hydrogens (primary N) is 1. The van der Waals surface area contributed by atoms with Gasteiger partial charge in [0, 0.05) is 38.7 Å². The molecule has 0 fully saturated rings. The van der Waals surface area contributed by atoms with Crippen molar-refractivity contribution in [1.82, 2.24) is 15.7 Å². The van der Waals surface area contributed by atoms with E-state index < -0.39 is 0 Å². The molecule has 0 radical (unpaired) electrons. The highest BCUT2D eigenvalue weighted by molar-refractivity contribution is 5.79. The monoisotopic (exact) mass is 265 g/mol. The molecule has 1 aromatic rings. The molecular formula is C13H23N5O. The number of hydrogen-bond acceptors (Lipinski definition) is 4. The van der Waals surface area contributed by atoms with Gasteiger partial charge in [-0.1, -0.05) is 6.07 Å². The quantitative estimate of drug-likeness (QED) is 0.209. The molecule has 6 heteroatoms. The molecule has 6 nitrogen and oxygen atoms in total. The minimum atomic E-state index is 0.611. The second kappa shape index (κ2) is 10.3. The maximum atomic E-state index is 5.41. The van der Waals surface area contributed by atoms with Crippen LogP contribution in [-0.2, 0) is 11.2 Å². The van der Waals surface area contributed by atoms with Crippen molar-refractivity contribution in [2.24, 2.45) is 10.8 Å². The Labute approximate surface area is 114 Å². The van der Waals surface area contributed by atoms with Gasteiger partial charge in [-0.05, 0) is 31.4 Å². The van der Waals surface area contributed by atoms with Gasteiger partial charge in [-0.15, -0.1) is 0 Å². The number of pyridine rings is 1. The molecule has 19 heavy (non-hydrogen) atoms. The smallest absolute Gasteiger partial charge is 0.205 e. The lowest BCUT2D eigenvalue weighted by atomic mass is 10.2. The summed E-state index contributed by atoms with van der Waals surface area (Å²) in [5.74, 6) is 6.02. The molecule has 1 aromatic heterocycles. The zero-order valence-electron chi connectivity index (χ0n) is 11.4. The number of nitrogens with one attached hydrogen (secondary N) is 2. The lowest BCUT2D eigenvalue weighted by Crippen LogP contribution is -2.42. The molecule has 0 spiro atoms. The van der Waals surface area contributed by atoms with E-state index in [1.807, 2.05) is 25.3 Å². The van der Waals surface area contributed by atoms with Crippen LogP contribution < -0.4 is 16.6 Å². The van der Waals surface area contributed by atoms with Crippen LogP contribution in [-0.4, -0.2) is 37.2 Å². The number of nitrogens with zero attached hydrogens (tertiary/aromatic N) is 2. The number of hydrogen-bond donors (Lipinski definition) is 3. The van der Waals surface area contributed by atoms with Crippen molar-refractivity contribution in [2.75, 3.05) is 26.3 Å². The maximum Gasteiger partial charge on any atom is 0.205 e. The van der Waals surface area contributed by atoms with Crippen LogP contribution in [0.4, 0.5) is 0 Å². The first kappa shape index (κ1) is 15.4. The van der Waals surface area contributed by atoms with Gasteiger partial charge in [0.25, 0.3) is 0 Å². The highest BCUT2D eigenvalue weighted by Crippen LogP contribution is 1.95. The minimum absolute atomic E-state index is 0.611. The first-order valence-corrected chi connectivity index (χ1v) is 6.58. The fourth-order valence-electron chi connectivity index (χ4n) is 1.53. The summed E-state index contributed by atoms with van der Waals surface area (Å²) in [5, 5.41) is 3.15. The lowest BCUT2D eigenvalue weighted by molar-refractivity contribution is 0.146. The summed E-state index contributed by atoms with van der Waals surface area (Å²) in [5.41, 5.74) is 3.74. The second-order valence-corrected chi connectivity index (χ2v) is 3.96. The first-order chi connectivity index (χ1) is 9.36. The van der Waals surface area contributed by atoms with Gasteiger partial charge in [-0.25, -0.2) is 5.84 Å². The van der Waals surface area contributed by atoms with Gasteiger partial charge in [0.1, 0.15) is 0 Å². The summed E-state index contributed by atoms with van der Waals surface area (Å²) in [6.45, 7) is 4.92. The van der Waals surface area contributed by atoms with Crippen molar-refractivity contribution >= 4 is 5.96 Å². The summed E-state index contributed by atoms with van der Waals surface area (Å²) < 4.78 is 5.24. The van der Waals surface area contributed by atoms with Crippen LogP contribution in [0.15, 0.2) is 29.5 Å². The minimum Gasteiger partial charge on any atom is -0.382 e. The molecule has 0 aliphatic rings. The fraction of sp³-hybridized carbons (Fsp3) is 0.538. The van der Waals surface area contributed by atoms with E-state index in [0.717, 1.165) is 32.6 Å². The van der Waals surface area contributed by atoms with E-state index >= 15 is 0 Å². The van der Waals surface area contributed by atoms with Crippen LogP contribution in [0.25, 0.3) is 0 Å². The molecule has 0 saturated carbocycles. The number of rotatable bonds is 8. The Hall–Kier alpha value is -1.66. The Balaban J connectivity index is 2.19. The molecule has 0 aromatic carbocycles. The van der Waals surface area contributed by atoms with Crippen molar-refractivity contribution in [3.63, 3.8) is 0 Å². The topological polar surface area (TPSA) is 84.6 Å². The molecule has 0 atom stereocenters. The molecule has 0 bridgehead atoms. The molecule has 4 N–H and O–H groups in total. The van der Waals surface area contributed by atoms with Crippen molar-refractivity contribution < 1.29 is 4.74 Å². The van der Waals surface area contributed by atoms with E-state index in [-0.39, 0.29) is 0 Å². The van der Waals surface area contributed by atoms with Crippen molar-refractivity contribution in [3.8, 4) is 0 Å². The third-order valence-corrected chi connectivity index (χ3v) is 2.49. The molecule has 0 amide bonds. The Morgan fingerprint density at radius 3 is 3.11 bits per heavy atom. The van der Waals surface area contributed by atoms with Crippen molar-refractivity contribution in [1.29, 1.82) is 0 Å². The van der Waals surface area contributed by atoms with Crippen LogP contribution in [0.5, 0.6) is 0 Å². The first-order valence-electron chi connectivity index (χ1n) is 6.58. The van der Waals surface area contributed by atoms with Crippen LogP contribution in [0.1, 0.15) is 18.9 Å². The number of aliphatic imine (C=N–C) groups is 1. The zero-order chi connectivity index (χ0) is 13.8. The standard InChI is InChI=1S/C13H23N5O/c1-2-19-10-4-8-16-13(18-14)17-9-6-12-5-3-7-15-11-12/h3,5,7,11H,2,4,6,8-10,14H2,1H3,(H2,16,17,18). The predicted octanol–water partition coefficient (Wildman–Crippen LogP) is 0.460. The van der Waals surface area contributed by atoms with E-state index in [2.05, 4.69) is 20.7 Å². The third-order valence-electron chi connectivity index (χ3n) is 2.49. The highest BCUT2D eigenvalue weighted by atomic mass is 16.5. The molecular weight excluding hydrogens is 242 g/mol. The van der Waals surface area contributed by atoms with Gasteiger partial charge < -0.3 is 10.1 Å². The largest absolute Gasteiger partial charge is 0.382 e. The average Bonchev–Trinajstić information content (AvgIpc) is 2.46. The molecule has 1 rings (SSSR count).